The average molecular weight is 505 g/mol. The van der Waals surface area contributed by atoms with Gasteiger partial charge in [0.2, 0.25) is 5.88 Å². The largest absolute Gasteiger partial charge is 0.473 e. The van der Waals surface area contributed by atoms with E-state index in [2.05, 4.69) is 59.2 Å². The molecule has 0 saturated heterocycles. The number of nitrogens with one attached hydrogen (secondary N) is 1. The maximum Gasteiger partial charge on any atom is 0.221 e. The van der Waals surface area contributed by atoms with Crippen molar-refractivity contribution in [3.8, 4) is 17.1 Å². The zero-order valence-corrected chi connectivity index (χ0v) is 22.7. The molecule has 4 aromatic heterocycles. The maximum atomic E-state index is 9.71. The number of aliphatic hydroxyl groups excluding tert-OH is 1. The van der Waals surface area contributed by atoms with Gasteiger partial charge in [0.1, 0.15) is 11.6 Å². The summed E-state index contributed by atoms with van der Waals surface area (Å²) in [7, 11) is 1.91. The number of nitrogens with zero attached hydrogens (tertiary/aromatic N) is 7. The molecule has 10 heteroatoms. The molecule has 5 heterocycles. The first-order valence-corrected chi connectivity index (χ1v) is 12.8. The monoisotopic (exact) mass is 504 g/mol. The van der Waals surface area contributed by atoms with Crippen molar-refractivity contribution in [2.45, 2.75) is 66.8 Å². The summed E-state index contributed by atoms with van der Waals surface area (Å²) in [6, 6.07) is 2.34. The normalized spacial score (nSPS) is 17.5. The van der Waals surface area contributed by atoms with Crippen molar-refractivity contribution in [3.63, 3.8) is 0 Å². The molecule has 0 fully saturated rings. The van der Waals surface area contributed by atoms with Crippen molar-refractivity contribution < 1.29 is 9.84 Å². The lowest BCUT2D eigenvalue weighted by molar-refractivity contribution is 0.109. The van der Waals surface area contributed by atoms with Gasteiger partial charge in [-0.25, -0.2) is 4.68 Å². The lowest BCUT2D eigenvalue weighted by atomic mass is 10.1. The van der Waals surface area contributed by atoms with E-state index in [0.717, 1.165) is 56.2 Å². The van der Waals surface area contributed by atoms with Crippen LogP contribution in [0.4, 0.5) is 0 Å². The van der Waals surface area contributed by atoms with Crippen LogP contribution in [0.5, 0.6) is 5.88 Å². The third-order valence-electron chi connectivity index (χ3n) is 7.07. The molecular weight excluding hydrogens is 468 g/mol. The molecule has 0 aliphatic carbocycles. The number of aliphatic hydroxyl groups is 1. The molecule has 0 saturated carbocycles. The number of pyridine rings is 1. The molecule has 10 nitrogen and oxygen atoms in total. The van der Waals surface area contributed by atoms with Crippen LogP contribution in [0.1, 0.15) is 54.8 Å². The van der Waals surface area contributed by atoms with Gasteiger partial charge in [-0.1, -0.05) is 0 Å². The Bertz CT molecular complexity index is 1480. The van der Waals surface area contributed by atoms with E-state index in [-0.39, 0.29) is 18.8 Å². The van der Waals surface area contributed by atoms with Gasteiger partial charge in [0, 0.05) is 37.1 Å². The fraction of sp³-hybridized carbons (Fsp3) is 0.481. The molecule has 196 valence electrons. The van der Waals surface area contributed by atoms with Crippen LogP contribution >= 0.6 is 0 Å². The van der Waals surface area contributed by atoms with Gasteiger partial charge in [0.05, 0.1) is 52.9 Å². The van der Waals surface area contributed by atoms with Gasteiger partial charge in [-0.05, 0) is 59.8 Å². The molecule has 4 aromatic rings. The van der Waals surface area contributed by atoms with Crippen LogP contribution in [0.15, 0.2) is 6.07 Å². The highest BCUT2D eigenvalue weighted by molar-refractivity contribution is 5.93. The number of hydrogen-bond acceptors (Lipinski definition) is 7. The van der Waals surface area contributed by atoms with E-state index in [0.29, 0.717) is 25.5 Å². The van der Waals surface area contributed by atoms with Crippen molar-refractivity contribution in [2.75, 3.05) is 13.2 Å². The molecule has 37 heavy (non-hydrogen) atoms. The number of fused-ring (bicyclic) bond motifs is 4. The molecule has 1 unspecified atom stereocenters. The molecular formula is C27H36N8O2. The summed E-state index contributed by atoms with van der Waals surface area (Å²) in [5, 5.41) is 27.9. The van der Waals surface area contributed by atoms with Crippen LogP contribution in [-0.4, -0.2) is 70.0 Å². The quantitative estimate of drug-likeness (QED) is 0.438. The Hall–Kier alpha value is -3.50. The van der Waals surface area contributed by atoms with E-state index in [1.54, 1.807) is 4.68 Å². The first-order chi connectivity index (χ1) is 17.7. The van der Waals surface area contributed by atoms with Crippen molar-refractivity contribution >= 4 is 23.1 Å². The van der Waals surface area contributed by atoms with Crippen LogP contribution in [0.25, 0.3) is 34.3 Å². The number of aromatic nitrogens is 7. The van der Waals surface area contributed by atoms with Crippen molar-refractivity contribution in [1.29, 1.82) is 0 Å². The Morgan fingerprint density at radius 1 is 1.14 bits per heavy atom. The summed E-state index contributed by atoms with van der Waals surface area (Å²) in [6.07, 6.45) is 4.06. The fourth-order valence-electron chi connectivity index (χ4n) is 5.19. The molecule has 5 rings (SSSR count). The highest BCUT2D eigenvalue weighted by Gasteiger charge is 2.25. The second-order valence-electron chi connectivity index (χ2n) is 10.2. The van der Waals surface area contributed by atoms with Crippen LogP contribution in [0, 0.1) is 20.8 Å². The smallest absolute Gasteiger partial charge is 0.221 e. The first kappa shape index (κ1) is 25.2. The zero-order chi connectivity index (χ0) is 26.4. The highest BCUT2D eigenvalue weighted by atomic mass is 16.5. The summed E-state index contributed by atoms with van der Waals surface area (Å²) in [4.78, 5) is 7.28. The van der Waals surface area contributed by atoms with Gasteiger partial charge in [-0.15, -0.1) is 0 Å². The molecule has 1 aliphatic heterocycles. The van der Waals surface area contributed by atoms with Crippen LogP contribution in [-0.2, 0) is 20.1 Å². The molecule has 2 bridgehead atoms. The second kappa shape index (κ2) is 9.75. The number of rotatable bonds is 3. The third-order valence-corrected chi connectivity index (χ3v) is 7.07. The lowest BCUT2D eigenvalue weighted by Gasteiger charge is -2.30. The maximum absolute atomic E-state index is 9.71. The Balaban J connectivity index is 1.74. The minimum absolute atomic E-state index is 0.0291. The second-order valence-corrected chi connectivity index (χ2v) is 10.2. The molecule has 0 radical (unpaired) electrons. The summed E-state index contributed by atoms with van der Waals surface area (Å²) < 4.78 is 10.3. The summed E-state index contributed by atoms with van der Waals surface area (Å²) >= 11 is 0. The van der Waals surface area contributed by atoms with E-state index in [1.165, 1.54) is 0 Å². The van der Waals surface area contributed by atoms with Gasteiger partial charge in [-0.2, -0.15) is 15.3 Å². The van der Waals surface area contributed by atoms with Gasteiger partial charge in [0.25, 0.3) is 0 Å². The summed E-state index contributed by atoms with van der Waals surface area (Å²) in [5.41, 5.74) is 8.21. The van der Waals surface area contributed by atoms with E-state index < -0.39 is 0 Å². The lowest BCUT2D eigenvalue weighted by Crippen LogP contribution is -2.39. The highest BCUT2D eigenvalue weighted by Crippen LogP contribution is 2.35. The Labute approximate surface area is 217 Å². The molecule has 1 aliphatic rings. The number of ether oxygens (including phenoxy) is 1. The third kappa shape index (κ3) is 4.55. The van der Waals surface area contributed by atoms with E-state index in [4.69, 9.17) is 14.8 Å². The van der Waals surface area contributed by atoms with Crippen LogP contribution < -0.4 is 4.74 Å². The topological polar surface area (TPSA) is 110 Å². The van der Waals surface area contributed by atoms with E-state index in [9.17, 15) is 5.11 Å². The Morgan fingerprint density at radius 3 is 2.65 bits per heavy atom. The number of H-pyrrole nitrogens is 1. The van der Waals surface area contributed by atoms with Crippen molar-refractivity contribution in [2.24, 2.45) is 7.05 Å². The first-order valence-electron chi connectivity index (χ1n) is 12.8. The van der Waals surface area contributed by atoms with Gasteiger partial charge in [-0.3, -0.25) is 19.7 Å². The standard InChI is InChI=1S/C27H36N8O2/c1-15(2)34-13-16(3)37-27-25(18(5)31-33(27)7)23-12-21-22(29-30-26(21)19(6)28-23)9-8-20-17(4)32-35(10-11-36)24(20)14-34/h8-9,12,15-16,36H,10-11,13-14H2,1-7H3,(H,29,30)/b9-8+. The Kier molecular flexibility index (Phi) is 6.63. The zero-order valence-electron chi connectivity index (χ0n) is 22.7. The minimum Gasteiger partial charge on any atom is -0.473 e. The molecule has 2 N–H and O–H groups in total. The van der Waals surface area contributed by atoms with Gasteiger partial charge in [0.15, 0.2) is 0 Å². The van der Waals surface area contributed by atoms with E-state index >= 15 is 0 Å². The molecule has 0 spiro atoms. The molecule has 1 atom stereocenters. The average Bonchev–Trinajstić information content (AvgIpc) is 3.45. The number of hydrogen-bond donors (Lipinski definition) is 2. The van der Waals surface area contributed by atoms with Gasteiger partial charge >= 0.3 is 0 Å². The van der Waals surface area contributed by atoms with Crippen LogP contribution in [0.2, 0.25) is 0 Å². The van der Waals surface area contributed by atoms with Gasteiger partial charge < -0.3 is 9.84 Å². The number of aromatic amines is 1. The summed E-state index contributed by atoms with van der Waals surface area (Å²) in [5.74, 6) is 0.706. The molecule has 0 amide bonds. The predicted molar refractivity (Wildman–Crippen MR) is 144 cm³/mol. The predicted octanol–water partition coefficient (Wildman–Crippen LogP) is 3.63. The summed E-state index contributed by atoms with van der Waals surface area (Å²) in [6.45, 7) is 14.3. The van der Waals surface area contributed by atoms with Crippen molar-refractivity contribution in [1.82, 2.24) is 39.6 Å². The fourth-order valence-corrected chi connectivity index (χ4v) is 5.19. The minimum atomic E-state index is -0.107. The van der Waals surface area contributed by atoms with Crippen molar-refractivity contribution in [3.05, 3.63) is 40.1 Å². The van der Waals surface area contributed by atoms with E-state index in [1.807, 2.05) is 32.5 Å². The number of aryl methyl sites for hydroxylation is 4. The van der Waals surface area contributed by atoms with Crippen LogP contribution in [0.3, 0.4) is 0 Å². The SMILES string of the molecule is Cc1nn(CCO)c2c1/C=C/c1[nH]nc3c(C)nc(cc13)-c1c(C)nn(C)c1OC(C)CN(C(C)C)C2. The Morgan fingerprint density at radius 2 is 1.92 bits per heavy atom. The molecule has 0 aromatic carbocycles.